The van der Waals surface area contributed by atoms with Crippen LogP contribution in [0.15, 0.2) is 67.4 Å². The molecule has 15 nitrogen and oxygen atoms in total. The minimum Gasteiger partial charge on any atom is -0.341 e. The first kappa shape index (κ1) is 30.0. The van der Waals surface area contributed by atoms with Crippen LogP contribution in [0.1, 0.15) is 19.5 Å². The molecule has 210 valence electrons. The van der Waals surface area contributed by atoms with Crippen LogP contribution in [0.25, 0.3) is 0 Å². The molecule has 0 saturated heterocycles. The maximum absolute atomic E-state index is 11.8. The van der Waals surface area contributed by atoms with E-state index < -0.39 is 45.8 Å². The van der Waals surface area contributed by atoms with Gasteiger partial charge in [-0.3, -0.25) is 13.7 Å². The summed E-state index contributed by atoms with van der Waals surface area (Å²) in [7, 11) is -14.0. The lowest BCUT2D eigenvalue weighted by Gasteiger charge is -2.20. The highest BCUT2D eigenvalue weighted by Crippen LogP contribution is 2.35. The smallest absolute Gasteiger partial charge is 0.296 e. The van der Waals surface area contributed by atoms with E-state index >= 15 is 0 Å². The number of anilines is 3. The van der Waals surface area contributed by atoms with Crippen molar-refractivity contribution in [3.8, 4) is 0 Å². The van der Waals surface area contributed by atoms with Crippen molar-refractivity contribution < 1.29 is 38.9 Å². The van der Waals surface area contributed by atoms with Crippen molar-refractivity contribution in [3.05, 3.63) is 48.2 Å². The average molecular weight is 601 g/mol. The zero-order valence-electron chi connectivity index (χ0n) is 20.7. The summed E-state index contributed by atoms with van der Waals surface area (Å²) in [6, 6.07) is 7.23. The van der Waals surface area contributed by atoms with Gasteiger partial charge in [-0.1, -0.05) is 0 Å². The van der Waals surface area contributed by atoms with Crippen molar-refractivity contribution in [2.24, 2.45) is 10.2 Å². The van der Waals surface area contributed by atoms with Gasteiger partial charge in [-0.15, -0.1) is 10.2 Å². The maximum Gasteiger partial charge on any atom is 0.296 e. The van der Waals surface area contributed by atoms with Crippen LogP contribution in [0.3, 0.4) is 0 Å². The van der Waals surface area contributed by atoms with Gasteiger partial charge in [0.2, 0.25) is 5.95 Å². The Kier molecular flexibility index (Phi) is 8.68. The molecule has 1 aromatic heterocycles. The molecule has 0 amide bonds. The summed E-state index contributed by atoms with van der Waals surface area (Å²) in [5.74, 6) is 0.368. The summed E-state index contributed by atoms with van der Waals surface area (Å²) < 4.78 is 97.6. The molecule has 0 unspecified atom stereocenters. The molecule has 3 rings (SSSR count). The number of rotatable bonds is 10. The zero-order valence-corrected chi connectivity index (χ0v) is 23.2. The average Bonchev–Trinajstić information content (AvgIpc) is 2.83. The number of azo groups is 1. The number of benzene rings is 2. The number of hydrogen-bond donors (Lipinski definition) is 4. The standard InChI is InChI=1S/C21H24N6O9S3/c1-4-27(5-2)21-22-13(3)19(20(24-21)23-14-6-8-15(9-7-14)37(28,29)30)26-25-17-12-16(38(31,32)33)10-11-18(17)39(34,35)36/h6-12H,4-5H2,1-3H3,(H,22,23,24)(H,28,29,30)(H,31,32,33)(H,34,35,36)/b26-25+. The van der Waals surface area contributed by atoms with Crippen LogP contribution >= 0.6 is 0 Å². The Balaban J connectivity index is 2.18. The van der Waals surface area contributed by atoms with Crippen LogP contribution < -0.4 is 10.2 Å². The lowest BCUT2D eigenvalue weighted by molar-refractivity contribution is 0.478. The van der Waals surface area contributed by atoms with E-state index in [-0.39, 0.29) is 22.1 Å². The number of aromatic nitrogens is 2. The molecular weight excluding hydrogens is 576 g/mol. The number of aryl methyl sites for hydroxylation is 1. The molecule has 0 aliphatic rings. The molecule has 0 atom stereocenters. The van der Waals surface area contributed by atoms with Gasteiger partial charge in [0.05, 0.1) is 15.5 Å². The third kappa shape index (κ3) is 7.31. The number of nitrogens with one attached hydrogen (secondary N) is 1. The lowest BCUT2D eigenvalue weighted by atomic mass is 10.3. The van der Waals surface area contributed by atoms with E-state index in [2.05, 4.69) is 25.5 Å². The predicted octanol–water partition coefficient (Wildman–Crippen LogP) is 3.53. The fraction of sp³-hybridized carbons (Fsp3) is 0.238. The van der Waals surface area contributed by atoms with Crippen molar-refractivity contribution in [2.45, 2.75) is 35.5 Å². The molecule has 4 N–H and O–H groups in total. The Labute approximate surface area is 224 Å². The molecule has 0 fully saturated rings. The second-order valence-corrected chi connectivity index (χ2v) is 12.1. The second-order valence-electron chi connectivity index (χ2n) is 7.88. The maximum atomic E-state index is 11.8. The third-order valence-corrected chi connectivity index (χ3v) is 7.89. The molecule has 18 heteroatoms. The van der Waals surface area contributed by atoms with Crippen molar-refractivity contribution in [1.82, 2.24) is 9.97 Å². The Morgan fingerprint density at radius 1 is 0.795 bits per heavy atom. The molecule has 39 heavy (non-hydrogen) atoms. The van der Waals surface area contributed by atoms with Gasteiger partial charge in [0.1, 0.15) is 16.3 Å². The summed E-state index contributed by atoms with van der Waals surface area (Å²) in [5.41, 5.74) is -0.00639. The molecule has 0 aliphatic carbocycles. The van der Waals surface area contributed by atoms with E-state index in [1.807, 2.05) is 18.7 Å². The Bertz CT molecular complexity index is 1740. The van der Waals surface area contributed by atoms with Crippen LogP contribution in [-0.2, 0) is 30.4 Å². The second kappa shape index (κ2) is 11.3. The van der Waals surface area contributed by atoms with E-state index in [0.717, 1.165) is 24.3 Å². The summed E-state index contributed by atoms with van der Waals surface area (Å²) in [6.07, 6.45) is 0. The highest BCUT2D eigenvalue weighted by molar-refractivity contribution is 7.86. The minimum absolute atomic E-state index is 0.0108. The van der Waals surface area contributed by atoms with E-state index in [4.69, 9.17) is 0 Å². The van der Waals surface area contributed by atoms with Gasteiger partial charge in [-0.05, 0) is 63.2 Å². The lowest BCUT2D eigenvalue weighted by Crippen LogP contribution is -2.24. The third-order valence-electron chi connectivity index (χ3n) is 5.27. The zero-order chi connectivity index (χ0) is 29.2. The Morgan fingerprint density at radius 2 is 1.36 bits per heavy atom. The van der Waals surface area contributed by atoms with Crippen LogP contribution in [0.2, 0.25) is 0 Å². The number of hydrogen-bond acceptors (Lipinski definition) is 12. The van der Waals surface area contributed by atoms with Gasteiger partial charge in [-0.25, -0.2) is 4.98 Å². The fourth-order valence-corrected chi connectivity index (χ4v) is 4.90. The molecule has 0 radical (unpaired) electrons. The normalized spacial score (nSPS) is 12.6. The first-order valence-corrected chi connectivity index (χ1v) is 15.4. The molecule has 1 heterocycles. The monoisotopic (exact) mass is 600 g/mol. The van der Waals surface area contributed by atoms with Gasteiger partial charge < -0.3 is 10.2 Å². The van der Waals surface area contributed by atoms with E-state index in [9.17, 15) is 38.9 Å². The van der Waals surface area contributed by atoms with Crippen LogP contribution in [0.5, 0.6) is 0 Å². The van der Waals surface area contributed by atoms with Crippen molar-refractivity contribution >= 4 is 59.2 Å². The van der Waals surface area contributed by atoms with E-state index in [1.54, 1.807) is 6.92 Å². The van der Waals surface area contributed by atoms with Gasteiger partial charge in [0, 0.05) is 18.8 Å². The highest BCUT2D eigenvalue weighted by atomic mass is 32.2. The van der Waals surface area contributed by atoms with Gasteiger partial charge >= 0.3 is 0 Å². The largest absolute Gasteiger partial charge is 0.341 e. The van der Waals surface area contributed by atoms with Crippen molar-refractivity contribution in [3.63, 3.8) is 0 Å². The molecule has 0 spiro atoms. The summed E-state index contributed by atoms with van der Waals surface area (Å²) in [4.78, 5) is 8.90. The van der Waals surface area contributed by atoms with Crippen LogP contribution in [0, 0.1) is 6.92 Å². The fourth-order valence-electron chi connectivity index (χ4n) is 3.31. The van der Waals surface area contributed by atoms with E-state index in [1.165, 1.54) is 12.1 Å². The Morgan fingerprint density at radius 3 is 1.87 bits per heavy atom. The molecule has 0 bridgehead atoms. The number of nitrogens with zero attached hydrogens (tertiary/aromatic N) is 5. The summed E-state index contributed by atoms with van der Waals surface area (Å²) >= 11 is 0. The van der Waals surface area contributed by atoms with Crippen molar-refractivity contribution in [1.29, 1.82) is 0 Å². The topological polar surface area (TPSA) is 229 Å². The minimum atomic E-state index is -4.86. The van der Waals surface area contributed by atoms with Crippen molar-refractivity contribution in [2.75, 3.05) is 23.3 Å². The molecule has 0 aliphatic heterocycles. The summed E-state index contributed by atoms with van der Waals surface area (Å²) in [5, 5.41) is 10.8. The van der Waals surface area contributed by atoms with E-state index in [0.29, 0.717) is 30.8 Å². The summed E-state index contributed by atoms with van der Waals surface area (Å²) in [6.45, 7) is 6.44. The molecule has 3 aromatic rings. The highest BCUT2D eigenvalue weighted by Gasteiger charge is 2.21. The van der Waals surface area contributed by atoms with Gasteiger partial charge in [0.25, 0.3) is 30.4 Å². The predicted molar refractivity (Wildman–Crippen MR) is 140 cm³/mol. The SMILES string of the molecule is CCN(CC)c1nc(C)c(/N=N/c2cc(S(=O)(=O)O)ccc2S(=O)(=O)O)c(Nc2ccc(S(=O)(=O)O)cc2)n1. The quantitative estimate of drug-likeness (QED) is 0.193. The first-order chi connectivity index (χ1) is 18.0. The van der Waals surface area contributed by atoms with Crippen LogP contribution in [-0.4, -0.2) is 62.0 Å². The first-order valence-electron chi connectivity index (χ1n) is 11.0. The van der Waals surface area contributed by atoms with Gasteiger partial charge in [-0.2, -0.15) is 30.2 Å². The Hall–Kier alpha value is -3.55. The molecular formula is C21H24N6O9S3. The van der Waals surface area contributed by atoms with Crippen LogP contribution in [0.4, 0.5) is 28.8 Å². The molecule has 2 aromatic carbocycles. The molecule has 0 saturated carbocycles. The van der Waals surface area contributed by atoms with Gasteiger partial charge in [0.15, 0.2) is 5.82 Å².